The van der Waals surface area contributed by atoms with Crippen LogP contribution in [0.2, 0.25) is 0 Å². The van der Waals surface area contributed by atoms with E-state index in [4.69, 9.17) is 9.40 Å². The van der Waals surface area contributed by atoms with Gasteiger partial charge in [-0.1, -0.05) is 6.92 Å². The standard InChI is InChI=1S/C22H27N5O2S/c1-15-4-5-16-18(13-15)30-22-19(16)20(24-14-25-22)27-10-8-26(9-11-27)7-6-23-21(28)17-3-2-12-29-17/h2-3,12,14-15H,4-11,13H2,1H3,(H,23,28). The van der Waals surface area contributed by atoms with E-state index in [9.17, 15) is 4.79 Å². The predicted octanol–water partition coefficient (Wildman–Crippen LogP) is 2.96. The van der Waals surface area contributed by atoms with Crippen LogP contribution in [0.1, 0.15) is 34.3 Å². The van der Waals surface area contributed by atoms with Crippen LogP contribution in [0.4, 0.5) is 5.82 Å². The number of amides is 1. The largest absolute Gasteiger partial charge is 0.459 e. The van der Waals surface area contributed by atoms with E-state index in [1.165, 1.54) is 34.9 Å². The number of fused-ring (bicyclic) bond motifs is 3. The van der Waals surface area contributed by atoms with E-state index in [1.807, 2.05) is 11.3 Å². The Morgan fingerprint density at radius 3 is 2.97 bits per heavy atom. The van der Waals surface area contributed by atoms with Crippen LogP contribution in [0.5, 0.6) is 0 Å². The summed E-state index contributed by atoms with van der Waals surface area (Å²) in [6.07, 6.45) is 6.81. The van der Waals surface area contributed by atoms with Gasteiger partial charge in [-0.25, -0.2) is 9.97 Å². The number of hydrogen-bond donors (Lipinski definition) is 1. The molecule has 1 N–H and O–H groups in total. The SMILES string of the molecule is CC1CCc2c(sc3ncnc(N4CCN(CCNC(=O)c5ccco5)CC4)c23)C1. The average molecular weight is 426 g/mol. The Labute approximate surface area is 180 Å². The quantitative estimate of drug-likeness (QED) is 0.678. The number of furan rings is 1. The molecule has 1 aliphatic carbocycles. The minimum atomic E-state index is -0.154. The van der Waals surface area contributed by atoms with E-state index < -0.39 is 0 Å². The molecule has 1 atom stereocenters. The molecular formula is C22H27N5O2S. The summed E-state index contributed by atoms with van der Waals surface area (Å²) in [4.78, 5) is 28.7. The fraction of sp³-hybridized carbons (Fsp3) is 0.500. The summed E-state index contributed by atoms with van der Waals surface area (Å²) in [5.41, 5.74) is 1.49. The summed E-state index contributed by atoms with van der Waals surface area (Å²) in [5, 5.41) is 4.22. The predicted molar refractivity (Wildman–Crippen MR) is 118 cm³/mol. The zero-order valence-corrected chi connectivity index (χ0v) is 18.1. The summed E-state index contributed by atoms with van der Waals surface area (Å²) >= 11 is 1.86. The molecule has 0 aromatic carbocycles. The van der Waals surface area contributed by atoms with Gasteiger partial charge in [0.15, 0.2) is 5.76 Å². The molecule has 8 heteroatoms. The lowest BCUT2D eigenvalue weighted by Gasteiger charge is -2.35. The van der Waals surface area contributed by atoms with Crippen LogP contribution in [0.25, 0.3) is 10.2 Å². The van der Waals surface area contributed by atoms with Gasteiger partial charge < -0.3 is 14.6 Å². The lowest BCUT2D eigenvalue weighted by molar-refractivity contribution is 0.0920. The molecule has 0 spiro atoms. The molecule has 0 bridgehead atoms. The minimum Gasteiger partial charge on any atom is -0.459 e. The van der Waals surface area contributed by atoms with Crippen molar-refractivity contribution in [2.75, 3.05) is 44.2 Å². The maximum absolute atomic E-state index is 12.0. The van der Waals surface area contributed by atoms with E-state index in [0.29, 0.717) is 12.3 Å². The van der Waals surface area contributed by atoms with Gasteiger partial charge in [-0.2, -0.15) is 0 Å². The zero-order valence-electron chi connectivity index (χ0n) is 17.3. The smallest absolute Gasteiger partial charge is 0.287 e. The van der Waals surface area contributed by atoms with Gasteiger partial charge in [-0.05, 0) is 42.9 Å². The van der Waals surface area contributed by atoms with Gasteiger partial charge in [0.05, 0.1) is 11.6 Å². The number of piperazine rings is 1. The van der Waals surface area contributed by atoms with Crippen molar-refractivity contribution in [3.63, 3.8) is 0 Å². The topological polar surface area (TPSA) is 74.5 Å². The van der Waals surface area contributed by atoms with Crippen LogP contribution in [0, 0.1) is 5.92 Å². The van der Waals surface area contributed by atoms with Crippen molar-refractivity contribution >= 4 is 33.3 Å². The molecule has 1 fully saturated rings. The summed E-state index contributed by atoms with van der Waals surface area (Å²) in [5.74, 6) is 2.08. The molecule has 1 amide bonds. The van der Waals surface area contributed by atoms with Crippen LogP contribution >= 0.6 is 11.3 Å². The number of rotatable bonds is 5. The van der Waals surface area contributed by atoms with E-state index in [2.05, 4.69) is 27.0 Å². The summed E-state index contributed by atoms with van der Waals surface area (Å²) < 4.78 is 5.13. The molecule has 1 unspecified atom stereocenters. The van der Waals surface area contributed by atoms with Gasteiger partial charge in [0.25, 0.3) is 5.91 Å². The normalized spacial score (nSPS) is 19.8. The van der Waals surface area contributed by atoms with Gasteiger partial charge in [-0.3, -0.25) is 9.69 Å². The fourth-order valence-electron chi connectivity index (χ4n) is 4.50. The molecule has 2 aliphatic rings. The summed E-state index contributed by atoms with van der Waals surface area (Å²) in [6.45, 7) is 7.62. The molecular weight excluding hydrogens is 398 g/mol. The minimum absolute atomic E-state index is 0.154. The Hall–Kier alpha value is -2.45. The lowest BCUT2D eigenvalue weighted by Crippen LogP contribution is -2.48. The highest BCUT2D eigenvalue weighted by molar-refractivity contribution is 7.19. The van der Waals surface area contributed by atoms with Crippen LogP contribution in [-0.2, 0) is 12.8 Å². The van der Waals surface area contributed by atoms with E-state index >= 15 is 0 Å². The number of hydrogen-bond acceptors (Lipinski definition) is 7. The molecule has 1 saturated heterocycles. The number of carbonyl (C=O) groups excluding carboxylic acids is 1. The third-order valence-corrected chi connectivity index (χ3v) is 7.36. The van der Waals surface area contributed by atoms with Gasteiger partial charge in [0, 0.05) is 44.1 Å². The molecule has 5 rings (SSSR count). The molecule has 158 valence electrons. The molecule has 3 aromatic heterocycles. The van der Waals surface area contributed by atoms with Gasteiger partial charge >= 0.3 is 0 Å². The average Bonchev–Trinajstić information content (AvgIpc) is 3.41. The summed E-state index contributed by atoms with van der Waals surface area (Å²) in [7, 11) is 0. The van der Waals surface area contributed by atoms with Gasteiger partial charge in [0.2, 0.25) is 0 Å². The molecule has 30 heavy (non-hydrogen) atoms. The number of nitrogens with zero attached hydrogens (tertiary/aromatic N) is 4. The van der Waals surface area contributed by atoms with Crippen LogP contribution < -0.4 is 10.2 Å². The van der Waals surface area contributed by atoms with Crippen molar-refractivity contribution in [3.05, 3.63) is 40.9 Å². The highest BCUT2D eigenvalue weighted by atomic mass is 32.1. The van der Waals surface area contributed by atoms with Crippen molar-refractivity contribution in [1.29, 1.82) is 0 Å². The first-order chi connectivity index (χ1) is 14.7. The first-order valence-electron chi connectivity index (χ1n) is 10.7. The zero-order chi connectivity index (χ0) is 20.5. The second-order valence-corrected chi connectivity index (χ2v) is 9.37. The van der Waals surface area contributed by atoms with E-state index in [0.717, 1.165) is 55.7 Å². The molecule has 0 radical (unpaired) electrons. The van der Waals surface area contributed by atoms with Crippen molar-refractivity contribution in [2.45, 2.75) is 26.2 Å². The third kappa shape index (κ3) is 3.81. The van der Waals surface area contributed by atoms with Crippen molar-refractivity contribution in [3.8, 4) is 0 Å². The Bertz CT molecular complexity index is 1020. The number of carbonyl (C=O) groups is 1. The molecule has 3 aromatic rings. The molecule has 4 heterocycles. The Morgan fingerprint density at radius 1 is 1.30 bits per heavy atom. The van der Waals surface area contributed by atoms with Crippen molar-refractivity contribution in [2.24, 2.45) is 5.92 Å². The number of aryl methyl sites for hydroxylation is 1. The maximum atomic E-state index is 12.0. The van der Waals surface area contributed by atoms with Crippen LogP contribution in [0.3, 0.4) is 0 Å². The first kappa shape index (κ1) is 19.5. The van der Waals surface area contributed by atoms with Crippen molar-refractivity contribution in [1.82, 2.24) is 20.2 Å². The number of nitrogens with one attached hydrogen (secondary N) is 1. The molecule has 1 aliphatic heterocycles. The molecule has 7 nitrogen and oxygen atoms in total. The number of thiophene rings is 1. The van der Waals surface area contributed by atoms with Crippen LogP contribution in [0.15, 0.2) is 29.1 Å². The van der Waals surface area contributed by atoms with Gasteiger partial charge in [0.1, 0.15) is 17.0 Å². The number of aromatic nitrogens is 2. The van der Waals surface area contributed by atoms with Crippen LogP contribution in [-0.4, -0.2) is 60.0 Å². The molecule has 0 saturated carbocycles. The Balaban J connectivity index is 1.21. The number of anilines is 1. The van der Waals surface area contributed by atoms with Crippen molar-refractivity contribution < 1.29 is 9.21 Å². The third-order valence-electron chi connectivity index (χ3n) is 6.20. The summed E-state index contributed by atoms with van der Waals surface area (Å²) in [6, 6.07) is 3.41. The Morgan fingerprint density at radius 2 is 2.17 bits per heavy atom. The lowest BCUT2D eigenvalue weighted by atomic mass is 9.89. The van der Waals surface area contributed by atoms with E-state index in [1.54, 1.807) is 18.5 Å². The Kier molecular flexibility index (Phi) is 5.43. The monoisotopic (exact) mass is 425 g/mol. The highest BCUT2D eigenvalue weighted by Crippen LogP contribution is 2.40. The second kappa shape index (κ2) is 8.35. The maximum Gasteiger partial charge on any atom is 0.287 e. The highest BCUT2D eigenvalue weighted by Gasteiger charge is 2.26. The van der Waals surface area contributed by atoms with E-state index in [-0.39, 0.29) is 5.91 Å². The van der Waals surface area contributed by atoms with Gasteiger partial charge in [-0.15, -0.1) is 11.3 Å². The second-order valence-electron chi connectivity index (χ2n) is 8.29. The first-order valence-corrected chi connectivity index (χ1v) is 11.5. The fourth-order valence-corrected chi connectivity index (χ4v) is 5.85.